The third kappa shape index (κ3) is 4.22. The fourth-order valence-corrected chi connectivity index (χ4v) is 8.35. The van der Waals surface area contributed by atoms with Crippen LogP contribution in [0, 0.1) is 18.6 Å². The van der Waals surface area contributed by atoms with Gasteiger partial charge in [-0.25, -0.2) is 13.8 Å². The van der Waals surface area contributed by atoms with Crippen LogP contribution in [-0.4, -0.2) is 70.8 Å². The first kappa shape index (κ1) is 27.1. The number of halogens is 2. The number of hydrogen-bond donors (Lipinski definition) is 1. The van der Waals surface area contributed by atoms with Gasteiger partial charge in [0, 0.05) is 37.2 Å². The lowest BCUT2D eigenvalue weighted by atomic mass is 9.91. The fraction of sp³-hybridized carbons (Fsp3) is 0.500. The van der Waals surface area contributed by atoms with Crippen LogP contribution >= 0.6 is 0 Å². The van der Waals surface area contributed by atoms with Gasteiger partial charge in [0.05, 0.1) is 16.6 Å². The van der Waals surface area contributed by atoms with Gasteiger partial charge in [0.15, 0.2) is 5.82 Å². The van der Waals surface area contributed by atoms with Crippen molar-refractivity contribution in [1.29, 1.82) is 0 Å². The zero-order valence-corrected chi connectivity index (χ0v) is 24.9. The standard InChI is InChI=1S/C34H38F2N6O/c1-3-21-17-23-18-37-13-16-42(23)32-27-29(21)38-30(24-8-4-7-22-9-10-25(35)20(2)26(22)24)28(36)31(27)39-33(40-32)43-19-34-11-5-14-41(34)15-6-12-34/h4,7-10,21,23,37H,3,5-6,11-19H2,1-2H3/t21?,23-/m1/s1. The van der Waals surface area contributed by atoms with E-state index in [4.69, 9.17) is 19.7 Å². The van der Waals surface area contributed by atoms with Gasteiger partial charge in [0.25, 0.3) is 0 Å². The van der Waals surface area contributed by atoms with Crippen molar-refractivity contribution in [1.82, 2.24) is 25.2 Å². The van der Waals surface area contributed by atoms with E-state index >= 15 is 4.39 Å². The lowest BCUT2D eigenvalue weighted by Crippen LogP contribution is -2.51. The Balaban J connectivity index is 1.35. The third-order valence-electron chi connectivity index (χ3n) is 10.6. The summed E-state index contributed by atoms with van der Waals surface area (Å²) in [5, 5.41) is 5.76. The Morgan fingerprint density at radius 3 is 2.67 bits per heavy atom. The van der Waals surface area contributed by atoms with Gasteiger partial charge < -0.3 is 15.0 Å². The van der Waals surface area contributed by atoms with Crippen LogP contribution in [-0.2, 0) is 0 Å². The maximum absolute atomic E-state index is 17.0. The highest BCUT2D eigenvalue weighted by molar-refractivity contribution is 6.01. The molecule has 224 valence electrons. The van der Waals surface area contributed by atoms with Gasteiger partial charge in [-0.1, -0.05) is 31.2 Å². The van der Waals surface area contributed by atoms with Crippen molar-refractivity contribution in [2.75, 3.05) is 44.2 Å². The summed E-state index contributed by atoms with van der Waals surface area (Å²) < 4.78 is 38.3. The number of piperazine rings is 1. The minimum atomic E-state index is -0.506. The number of aryl methyl sites for hydroxylation is 1. The van der Waals surface area contributed by atoms with Crippen molar-refractivity contribution in [3.05, 3.63) is 53.2 Å². The van der Waals surface area contributed by atoms with Crippen LogP contribution in [0.4, 0.5) is 14.6 Å². The quantitative estimate of drug-likeness (QED) is 0.304. The summed E-state index contributed by atoms with van der Waals surface area (Å²) in [5.74, 6) is 0.00172. The molecule has 0 spiro atoms. The van der Waals surface area contributed by atoms with E-state index < -0.39 is 5.82 Å². The maximum Gasteiger partial charge on any atom is 0.319 e. The number of nitrogens with zero attached hydrogens (tertiary/aromatic N) is 5. The second-order valence-electron chi connectivity index (χ2n) is 12.9. The van der Waals surface area contributed by atoms with Gasteiger partial charge >= 0.3 is 6.01 Å². The summed E-state index contributed by atoms with van der Waals surface area (Å²) in [5.41, 5.74) is 2.38. The van der Waals surface area contributed by atoms with Crippen molar-refractivity contribution in [3.63, 3.8) is 0 Å². The molecule has 3 saturated heterocycles. The van der Waals surface area contributed by atoms with Crippen LogP contribution in [0.5, 0.6) is 6.01 Å². The number of nitrogens with one attached hydrogen (secondary N) is 1. The lowest BCUT2D eigenvalue weighted by molar-refractivity contribution is 0.108. The molecule has 0 bridgehead atoms. The van der Waals surface area contributed by atoms with Gasteiger partial charge in [0.2, 0.25) is 0 Å². The number of ether oxygens (including phenoxy) is 1. The van der Waals surface area contributed by atoms with Crippen LogP contribution in [0.25, 0.3) is 32.9 Å². The van der Waals surface area contributed by atoms with Gasteiger partial charge in [-0.2, -0.15) is 9.97 Å². The molecular weight excluding hydrogens is 546 g/mol. The molecule has 0 aliphatic carbocycles. The molecule has 4 aliphatic heterocycles. The second-order valence-corrected chi connectivity index (χ2v) is 12.9. The molecule has 0 amide bonds. The Hall–Kier alpha value is -3.43. The molecule has 7 nitrogen and oxygen atoms in total. The predicted octanol–water partition coefficient (Wildman–Crippen LogP) is 6.11. The van der Waals surface area contributed by atoms with Crippen molar-refractivity contribution < 1.29 is 13.5 Å². The van der Waals surface area contributed by atoms with Gasteiger partial charge in [-0.05, 0) is 80.9 Å². The average molecular weight is 585 g/mol. The number of fused-ring (bicyclic) bond motifs is 4. The summed E-state index contributed by atoms with van der Waals surface area (Å²) in [4.78, 5) is 19.8. The minimum Gasteiger partial charge on any atom is -0.461 e. The SMILES string of the molecule is CCC1C[C@@H]2CNCCN2c2nc(OCC34CCCN3CCC4)nc3c(F)c(-c4cccc5ccc(F)c(C)c45)nc1c23. The first-order valence-electron chi connectivity index (χ1n) is 15.9. The zero-order chi connectivity index (χ0) is 29.3. The molecule has 9 heteroatoms. The van der Waals surface area contributed by atoms with Crippen molar-refractivity contribution in [2.45, 2.75) is 69.9 Å². The number of benzene rings is 2. The summed E-state index contributed by atoms with van der Waals surface area (Å²) in [6.07, 6.45) is 6.30. The van der Waals surface area contributed by atoms with E-state index in [0.717, 1.165) is 75.3 Å². The highest BCUT2D eigenvalue weighted by Gasteiger charge is 2.45. The number of aromatic nitrogens is 3. The molecule has 8 rings (SSSR count). The molecule has 43 heavy (non-hydrogen) atoms. The van der Waals surface area contributed by atoms with Gasteiger partial charge in [-0.15, -0.1) is 0 Å². The Kier molecular flexibility index (Phi) is 6.53. The highest BCUT2D eigenvalue weighted by Crippen LogP contribution is 2.45. The highest BCUT2D eigenvalue weighted by atomic mass is 19.1. The molecular formula is C34H38F2N6O. The molecule has 2 aromatic carbocycles. The molecule has 3 fully saturated rings. The smallest absolute Gasteiger partial charge is 0.319 e. The molecule has 1 unspecified atom stereocenters. The fourth-order valence-electron chi connectivity index (χ4n) is 8.35. The third-order valence-corrected chi connectivity index (χ3v) is 10.6. The van der Waals surface area contributed by atoms with Crippen molar-refractivity contribution in [3.8, 4) is 17.3 Å². The number of rotatable bonds is 5. The Morgan fingerprint density at radius 1 is 1.02 bits per heavy atom. The number of pyridine rings is 1. The molecule has 4 aromatic rings. The second kappa shape index (κ2) is 10.3. The summed E-state index contributed by atoms with van der Waals surface area (Å²) in [7, 11) is 0. The predicted molar refractivity (Wildman–Crippen MR) is 165 cm³/mol. The van der Waals surface area contributed by atoms with Crippen molar-refractivity contribution >= 4 is 27.5 Å². The summed E-state index contributed by atoms with van der Waals surface area (Å²) >= 11 is 0. The maximum atomic E-state index is 17.0. The largest absolute Gasteiger partial charge is 0.461 e. The zero-order valence-electron chi connectivity index (χ0n) is 24.9. The summed E-state index contributed by atoms with van der Waals surface area (Å²) in [6, 6.07) is 9.31. The molecule has 2 aromatic heterocycles. The van der Waals surface area contributed by atoms with Crippen LogP contribution in [0.15, 0.2) is 30.3 Å². The first-order chi connectivity index (χ1) is 21.0. The monoisotopic (exact) mass is 584 g/mol. The first-order valence-corrected chi connectivity index (χ1v) is 15.9. The van der Waals surface area contributed by atoms with Gasteiger partial charge in [-0.3, -0.25) is 4.90 Å². The Morgan fingerprint density at radius 2 is 1.86 bits per heavy atom. The molecule has 6 heterocycles. The van der Waals surface area contributed by atoms with Crippen molar-refractivity contribution in [2.24, 2.45) is 0 Å². The Bertz CT molecular complexity index is 1730. The molecule has 0 radical (unpaired) electrons. The molecule has 4 aliphatic rings. The van der Waals surface area contributed by atoms with Gasteiger partial charge in [0.1, 0.15) is 29.5 Å². The summed E-state index contributed by atoms with van der Waals surface area (Å²) in [6.45, 7) is 9.06. The minimum absolute atomic E-state index is 0.0228. The lowest BCUT2D eigenvalue weighted by Gasteiger charge is -2.37. The van der Waals surface area contributed by atoms with E-state index in [9.17, 15) is 4.39 Å². The average Bonchev–Trinajstić information content (AvgIpc) is 3.58. The van der Waals surface area contributed by atoms with E-state index in [1.807, 2.05) is 18.2 Å². The number of anilines is 1. The molecule has 0 saturated carbocycles. The molecule has 2 atom stereocenters. The van der Waals surface area contributed by atoms with E-state index in [1.54, 1.807) is 13.0 Å². The Labute approximate surface area is 250 Å². The van der Waals surface area contributed by atoms with E-state index in [0.29, 0.717) is 28.5 Å². The van der Waals surface area contributed by atoms with E-state index in [1.165, 1.54) is 18.9 Å². The van der Waals surface area contributed by atoms with E-state index in [-0.39, 0.29) is 40.5 Å². The number of hydrogen-bond acceptors (Lipinski definition) is 7. The topological polar surface area (TPSA) is 66.4 Å². The van der Waals surface area contributed by atoms with Crippen LogP contribution < -0.4 is 15.0 Å². The van der Waals surface area contributed by atoms with Crippen LogP contribution in [0.1, 0.15) is 62.6 Å². The molecule has 1 N–H and O–H groups in total. The normalized spacial score (nSPS) is 23.0. The van der Waals surface area contributed by atoms with Crippen LogP contribution in [0.2, 0.25) is 0 Å². The van der Waals surface area contributed by atoms with E-state index in [2.05, 4.69) is 22.0 Å². The van der Waals surface area contributed by atoms with Crippen LogP contribution in [0.3, 0.4) is 0 Å².